The van der Waals surface area contributed by atoms with E-state index >= 15 is 0 Å². The number of benzene rings is 2. The van der Waals surface area contributed by atoms with Gasteiger partial charge in [-0.3, -0.25) is 9.59 Å². The molecule has 1 unspecified atom stereocenters. The van der Waals surface area contributed by atoms with Gasteiger partial charge in [0, 0.05) is 18.7 Å². The number of amides is 1. The van der Waals surface area contributed by atoms with Crippen LogP contribution in [-0.2, 0) is 9.59 Å². The summed E-state index contributed by atoms with van der Waals surface area (Å²) in [5, 5.41) is 21.2. The number of phenolic OH excluding ortho intramolecular Hbond substituents is 1. The summed E-state index contributed by atoms with van der Waals surface area (Å²) in [7, 11) is 5.25. The largest absolute Gasteiger partial charge is 0.507 e. The lowest BCUT2D eigenvalue weighted by atomic mass is 9.95. The molecule has 1 fully saturated rings. The molecule has 3 rings (SSSR count). The molecule has 8 nitrogen and oxygen atoms in total. The molecule has 0 saturated carbocycles. The van der Waals surface area contributed by atoms with Crippen LogP contribution in [0.1, 0.15) is 24.1 Å². The Morgan fingerprint density at radius 1 is 1.16 bits per heavy atom. The van der Waals surface area contributed by atoms with Gasteiger partial charge in [-0.1, -0.05) is 18.2 Å². The van der Waals surface area contributed by atoms with Crippen molar-refractivity contribution in [2.24, 2.45) is 0 Å². The number of aliphatic hydroxyl groups is 1. The van der Waals surface area contributed by atoms with E-state index in [9.17, 15) is 19.8 Å². The molecule has 2 N–H and O–H groups in total. The maximum absolute atomic E-state index is 13.1. The molecule has 1 heterocycles. The van der Waals surface area contributed by atoms with E-state index in [1.807, 2.05) is 19.0 Å². The molecule has 0 spiro atoms. The number of hydrogen-bond donors (Lipinski definition) is 2. The highest BCUT2D eigenvalue weighted by atomic mass is 16.5. The number of aromatic hydroxyl groups is 1. The van der Waals surface area contributed by atoms with Crippen LogP contribution in [0.25, 0.3) is 5.76 Å². The number of carbonyl (C=O) groups is 2. The Labute approximate surface area is 187 Å². The third-order valence-corrected chi connectivity index (χ3v) is 5.27. The van der Waals surface area contributed by atoms with Crippen molar-refractivity contribution < 1.29 is 29.3 Å². The molecule has 8 heteroatoms. The van der Waals surface area contributed by atoms with Crippen molar-refractivity contribution in [1.29, 1.82) is 0 Å². The van der Waals surface area contributed by atoms with Crippen molar-refractivity contribution in [2.45, 2.75) is 13.0 Å². The number of ether oxygens (including phenoxy) is 2. The highest BCUT2D eigenvalue weighted by molar-refractivity contribution is 6.46. The SMILES string of the molecule is CCOc1cc(C2C(=C(O)c3cccc(OC)c3)C(=O)C(=O)N2CCN(C)C)ccc1O. The second kappa shape index (κ2) is 9.74. The van der Waals surface area contributed by atoms with Crippen molar-refractivity contribution in [3.63, 3.8) is 0 Å². The molecule has 32 heavy (non-hydrogen) atoms. The van der Waals surface area contributed by atoms with Gasteiger partial charge in [-0.05, 0) is 50.8 Å². The maximum atomic E-state index is 13.1. The van der Waals surface area contributed by atoms with Crippen LogP contribution in [0.2, 0.25) is 0 Å². The van der Waals surface area contributed by atoms with Gasteiger partial charge in [0.05, 0.1) is 25.3 Å². The zero-order valence-corrected chi connectivity index (χ0v) is 18.7. The van der Waals surface area contributed by atoms with Crippen LogP contribution >= 0.6 is 0 Å². The number of aliphatic hydroxyl groups excluding tert-OH is 1. The first-order valence-electron chi connectivity index (χ1n) is 10.3. The topological polar surface area (TPSA) is 99.5 Å². The van der Waals surface area contributed by atoms with Crippen molar-refractivity contribution in [1.82, 2.24) is 9.80 Å². The van der Waals surface area contributed by atoms with Gasteiger partial charge in [0.1, 0.15) is 11.5 Å². The highest BCUT2D eigenvalue weighted by Gasteiger charge is 2.46. The average Bonchev–Trinajstić information content (AvgIpc) is 3.03. The number of likely N-dealkylation sites (N-methyl/N-ethyl adjacent to an activating group) is 1. The molecular weight excluding hydrogens is 412 g/mol. The summed E-state index contributed by atoms with van der Waals surface area (Å²) in [4.78, 5) is 29.4. The first kappa shape index (κ1) is 23.1. The minimum absolute atomic E-state index is 0.0184. The molecule has 0 aromatic heterocycles. The van der Waals surface area contributed by atoms with Gasteiger partial charge in [0.2, 0.25) is 0 Å². The quantitative estimate of drug-likeness (QED) is 0.370. The van der Waals surface area contributed by atoms with E-state index in [4.69, 9.17) is 9.47 Å². The first-order valence-corrected chi connectivity index (χ1v) is 10.3. The fraction of sp³-hybridized carbons (Fsp3) is 0.333. The number of carbonyl (C=O) groups excluding carboxylic acids is 2. The van der Waals surface area contributed by atoms with Crippen LogP contribution in [0.3, 0.4) is 0 Å². The Hall–Kier alpha value is -3.52. The number of phenols is 1. The van der Waals surface area contributed by atoms with Gasteiger partial charge in [-0.15, -0.1) is 0 Å². The lowest BCUT2D eigenvalue weighted by Crippen LogP contribution is -2.35. The zero-order valence-electron chi connectivity index (χ0n) is 18.7. The minimum Gasteiger partial charge on any atom is -0.507 e. The standard InChI is InChI=1S/C24H28N2O6/c1-5-32-19-14-15(9-10-18(19)27)21-20(22(28)16-7-6-8-17(13-16)31-4)23(29)24(30)26(21)12-11-25(2)3/h6-10,13-14,21,27-28H,5,11-12H2,1-4H3. The van der Waals surface area contributed by atoms with Crippen LogP contribution in [0.4, 0.5) is 0 Å². The molecule has 2 aromatic carbocycles. The normalized spacial score (nSPS) is 17.8. The molecule has 2 aromatic rings. The molecule has 1 aliphatic rings. The molecule has 1 saturated heterocycles. The van der Waals surface area contributed by atoms with E-state index in [1.165, 1.54) is 18.1 Å². The van der Waals surface area contributed by atoms with E-state index in [-0.39, 0.29) is 29.4 Å². The first-order chi connectivity index (χ1) is 15.3. The van der Waals surface area contributed by atoms with Gasteiger partial charge in [-0.25, -0.2) is 0 Å². The second-order valence-electron chi connectivity index (χ2n) is 7.69. The fourth-order valence-corrected chi connectivity index (χ4v) is 3.66. The number of hydrogen-bond acceptors (Lipinski definition) is 7. The lowest BCUT2D eigenvalue weighted by Gasteiger charge is -2.27. The predicted molar refractivity (Wildman–Crippen MR) is 120 cm³/mol. The summed E-state index contributed by atoms with van der Waals surface area (Å²) < 4.78 is 10.7. The summed E-state index contributed by atoms with van der Waals surface area (Å²) in [6.45, 7) is 2.93. The Balaban J connectivity index is 2.18. The maximum Gasteiger partial charge on any atom is 0.295 e. The Bertz CT molecular complexity index is 1050. The third-order valence-electron chi connectivity index (χ3n) is 5.27. The van der Waals surface area contributed by atoms with Gasteiger partial charge in [0.15, 0.2) is 11.5 Å². The molecule has 0 aliphatic carbocycles. The summed E-state index contributed by atoms with van der Waals surface area (Å²) in [5.74, 6) is -1.04. The third kappa shape index (κ3) is 4.55. The van der Waals surface area contributed by atoms with Gasteiger partial charge in [0.25, 0.3) is 11.7 Å². The van der Waals surface area contributed by atoms with Crippen LogP contribution in [-0.4, -0.2) is 72.6 Å². The van der Waals surface area contributed by atoms with Crippen LogP contribution < -0.4 is 9.47 Å². The van der Waals surface area contributed by atoms with E-state index in [0.29, 0.717) is 30.0 Å². The number of methoxy groups -OCH3 is 1. The summed E-state index contributed by atoms with van der Waals surface area (Å²) in [6, 6.07) is 10.5. The zero-order chi connectivity index (χ0) is 23.4. The smallest absolute Gasteiger partial charge is 0.295 e. The lowest BCUT2D eigenvalue weighted by molar-refractivity contribution is -0.140. The van der Waals surface area contributed by atoms with Crippen molar-refractivity contribution >= 4 is 17.4 Å². The van der Waals surface area contributed by atoms with Gasteiger partial charge < -0.3 is 29.5 Å². The van der Waals surface area contributed by atoms with E-state index < -0.39 is 17.7 Å². The monoisotopic (exact) mass is 440 g/mol. The molecule has 0 radical (unpaired) electrons. The highest BCUT2D eigenvalue weighted by Crippen LogP contribution is 2.41. The molecule has 1 atom stereocenters. The molecule has 0 bridgehead atoms. The van der Waals surface area contributed by atoms with Crippen LogP contribution in [0.5, 0.6) is 17.2 Å². The Morgan fingerprint density at radius 2 is 1.91 bits per heavy atom. The average molecular weight is 440 g/mol. The van der Waals surface area contributed by atoms with E-state index in [0.717, 1.165) is 0 Å². The fourth-order valence-electron chi connectivity index (χ4n) is 3.66. The summed E-state index contributed by atoms with van der Waals surface area (Å²) in [6.07, 6.45) is 0. The number of rotatable bonds is 8. The Morgan fingerprint density at radius 3 is 2.56 bits per heavy atom. The van der Waals surface area contributed by atoms with E-state index in [1.54, 1.807) is 43.3 Å². The second-order valence-corrected chi connectivity index (χ2v) is 7.69. The Kier molecular flexibility index (Phi) is 7.05. The number of likely N-dealkylation sites (tertiary alicyclic amines) is 1. The molecule has 1 amide bonds. The molecule has 1 aliphatic heterocycles. The van der Waals surface area contributed by atoms with Crippen molar-refractivity contribution in [3.8, 4) is 17.2 Å². The molecular formula is C24H28N2O6. The molecule has 170 valence electrons. The summed E-state index contributed by atoms with van der Waals surface area (Å²) >= 11 is 0. The van der Waals surface area contributed by atoms with Gasteiger partial charge in [-0.2, -0.15) is 0 Å². The van der Waals surface area contributed by atoms with Gasteiger partial charge >= 0.3 is 0 Å². The number of ketones is 1. The minimum atomic E-state index is -0.832. The van der Waals surface area contributed by atoms with E-state index in [2.05, 4.69) is 0 Å². The summed E-state index contributed by atoms with van der Waals surface area (Å²) in [5.41, 5.74) is 0.896. The predicted octanol–water partition coefficient (Wildman–Crippen LogP) is 2.78. The van der Waals surface area contributed by atoms with Crippen molar-refractivity contribution in [2.75, 3.05) is 40.9 Å². The van der Waals surface area contributed by atoms with Crippen molar-refractivity contribution in [3.05, 3.63) is 59.2 Å². The van der Waals surface area contributed by atoms with Crippen LogP contribution in [0, 0.1) is 0 Å². The van der Waals surface area contributed by atoms with Crippen LogP contribution in [0.15, 0.2) is 48.0 Å². The number of nitrogens with zero attached hydrogens (tertiary/aromatic N) is 2. The number of Topliss-reactive ketones (excluding diaryl/α,β-unsaturated/α-hetero) is 1.